The number of nitrogens with zero attached hydrogens (tertiary/aromatic N) is 2. The Morgan fingerprint density at radius 2 is 2.00 bits per heavy atom. The van der Waals surface area contributed by atoms with Gasteiger partial charge >= 0.3 is 0 Å². The Kier molecular flexibility index (Phi) is 5.05. The number of aliphatic hydroxyl groups is 1. The number of hydrogen-bond donors (Lipinski definition) is 2. The van der Waals surface area contributed by atoms with E-state index in [2.05, 4.69) is 9.82 Å². The number of rotatable bonds is 7. The van der Waals surface area contributed by atoms with E-state index in [1.165, 1.54) is 29.2 Å². The summed E-state index contributed by atoms with van der Waals surface area (Å²) in [5, 5.41) is 12.6. The summed E-state index contributed by atoms with van der Waals surface area (Å²) in [5.74, 6) is -0.323. The predicted molar refractivity (Wildman–Crippen MR) is 74.6 cm³/mol. The van der Waals surface area contributed by atoms with Gasteiger partial charge in [0.1, 0.15) is 10.7 Å². The van der Waals surface area contributed by atoms with Gasteiger partial charge in [0.05, 0.1) is 19.3 Å². The fourth-order valence-electron chi connectivity index (χ4n) is 1.77. The Labute approximate surface area is 122 Å². The standard InChI is InChI=1S/C13H16FN3O3S/c14-12-3-1-11(2-4-12)5-6-16-21(19,20)13-9-15-17(10-13)7-8-18/h1-4,9-10,16,18H,5-8H2. The lowest BCUT2D eigenvalue weighted by Crippen LogP contribution is -2.25. The van der Waals surface area contributed by atoms with E-state index in [0.717, 1.165) is 5.56 Å². The molecule has 1 aromatic carbocycles. The number of sulfonamides is 1. The van der Waals surface area contributed by atoms with Crippen LogP contribution in [0.4, 0.5) is 4.39 Å². The molecule has 0 saturated heterocycles. The summed E-state index contributed by atoms with van der Waals surface area (Å²) in [6.45, 7) is 0.337. The maximum Gasteiger partial charge on any atom is 0.243 e. The smallest absolute Gasteiger partial charge is 0.243 e. The highest BCUT2D eigenvalue weighted by molar-refractivity contribution is 7.89. The lowest BCUT2D eigenvalue weighted by molar-refractivity contribution is 0.269. The third kappa shape index (κ3) is 4.35. The van der Waals surface area contributed by atoms with Gasteiger partial charge in [-0.05, 0) is 24.1 Å². The average Bonchev–Trinajstić information content (AvgIpc) is 2.91. The average molecular weight is 313 g/mol. The molecule has 1 aromatic heterocycles. The van der Waals surface area contributed by atoms with Crippen LogP contribution in [0.15, 0.2) is 41.6 Å². The van der Waals surface area contributed by atoms with Crippen molar-refractivity contribution >= 4 is 10.0 Å². The molecule has 21 heavy (non-hydrogen) atoms. The van der Waals surface area contributed by atoms with Gasteiger partial charge in [-0.15, -0.1) is 0 Å². The topological polar surface area (TPSA) is 84.2 Å². The van der Waals surface area contributed by atoms with Gasteiger partial charge in [0.25, 0.3) is 0 Å². The molecule has 0 atom stereocenters. The van der Waals surface area contributed by atoms with E-state index in [9.17, 15) is 12.8 Å². The Morgan fingerprint density at radius 3 is 2.67 bits per heavy atom. The van der Waals surface area contributed by atoms with E-state index in [-0.39, 0.29) is 30.4 Å². The van der Waals surface area contributed by atoms with E-state index in [4.69, 9.17) is 5.11 Å². The lowest BCUT2D eigenvalue weighted by Gasteiger charge is -2.05. The molecular weight excluding hydrogens is 297 g/mol. The van der Waals surface area contributed by atoms with Crippen molar-refractivity contribution in [2.75, 3.05) is 13.2 Å². The maximum absolute atomic E-state index is 12.7. The molecule has 0 aliphatic carbocycles. The van der Waals surface area contributed by atoms with Crippen LogP contribution in [0, 0.1) is 5.82 Å². The molecule has 2 N–H and O–H groups in total. The summed E-state index contributed by atoms with van der Waals surface area (Å²) in [6.07, 6.45) is 3.05. The van der Waals surface area contributed by atoms with E-state index in [1.807, 2.05) is 0 Å². The second-order valence-corrected chi connectivity index (χ2v) is 6.20. The highest BCUT2D eigenvalue weighted by Gasteiger charge is 2.15. The first kappa shape index (κ1) is 15.6. The van der Waals surface area contributed by atoms with Gasteiger partial charge in [-0.25, -0.2) is 17.5 Å². The molecule has 0 fully saturated rings. The van der Waals surface area contributed by atoms with Crippen LogP contribution in [0.25, 0.3) is 0 Å². The van der Waals surface area contributed by atoms with Crippen molar-refractivity contribution in [3.05, 3.63) is 48.0 Å². The highest BCUT2D eigenvalue weighted by Crippen LogP contribution is 2.07. The van der Waals surface area contributed by atoms with Crippen LogP contribution in [0.1, 0.15) is 5.56 Å². The molecule has 0 aliphatic heterocycles. The molecule has 0 radical (unpaired) electrons. The van der Waals surface area contributed by atoms with Gasteiger partial charge < -0.3 is 5.11 Å². The van der Waals surface area contributed by atoms with Gasteiger partial charge in [0.15, 0.2) is 0 Å². The Morgan fingerprint density at radius 1 is 1.29 bits per heavy atom. The molecule has 2 aromatic rings. The van der Waals surface area contributed by atoms with Crippen LogP contribution >= 0.6 is 0 Å². The normalized spacial score (nSPS) is 11.7. The molecule has 1 heterocycles. The zero-order chi connectivity index (χ0) is 15.3. The number of aromatic nitrogens is 2. The fraction of sp³-hybridized carbons (Fsp3) is 0.308. The van der Waals surface area contributed by atoms with Crippen molar-refractivity contribution in [2.45, 2.75) is 17.9 Å². The maximum atomic E-state index is 12.7. The second-order valence-electron chi connectivity index (χ2n) is 4.44. The van der Waals surface area contributed by atoms with Crippen molar-refractivity contribution in [1.29, 1.82) is 0 Å². The molecule has 0 saturated carbocycles. The van der Waals surface area contributed by atoms with Crippen molar-refractivity contribution in [1.82, 2.24) is 14.5 Å². The molecule has 0 spiro atoms. The number of aliphatic hydroxyl groups excluding tert-OH is 1. The molecular formula is C13H16FN3O3S. The van der Waals surface area contributed by atoms with Gasteiger partial charge in [0.2, 0.25) is 10.0 Å². The SMILES string of the molecule is O=S(=O)(NCCc1ccc(F)cc1)c1cnn(CCO)c1. The molecule has 0 bridgehead atoms. The third-order valence-corrected chi connectivity index (χ3v) is 4.28. The van der Waals surface area contributed by atoms with Crippen molar-refractivity contribution in [3.8, 4) is 0 Å². The number of nitrogens with one attached hydrogen (secondary N) is 1. The summed E-state index contributed by atoms with van der Waals surface area (Å²) < 4.78 is 40.6. The molecule has 114 valence electrons. The third-order valence-electron chi connectivity index (χ3n) is 2.87. The van der Waals surface area contributed by atoms with E-state index in [0.29, 0.717) is 6.42 Å². The zero-order valence-corrected chi connectivity index (χ0v) is 12.1. The fourth-order valence-corrected chi connectivity index (χ4v) is 2.76. The molecule has 0 unspecified atom stereocenters. The minimum absolute atomic E-state index is 0.0510. The van der Waals surface area contributed by atoms with Crippen LogP contribution < -0.4 is 4.72 Å². The summed E-state index contributed by atoms with van der Waals surface area (Å²) in [4.78, 5) is 0.0510. The quantitative estimate of drug-likeness (QED) is 0.781. The van der Waals surface area contributed by atoms with Gasteiger partial charge in [-0.2, -0.15) is 5.10 Å². The van der Waals surface area contributed by atoms with Gasteiger partial charge in [-0.1, -0.05) is 12.1 Å². The second kappa shape index (κ2) is 6.79. The zero-order valence-electron chi connectivity index (χ0n) is 11.2. The predicted octanol–water partition coefficient (Wildman–Crippen LogP) is 0.535. The van der Waals surface area contributed by atoms with Crippen LogP contribution in [0.3, 0.4) is 0 Å². The number of hydrogen-bond acceptors (Lipinski definition) is 4. The molecule has 2 rings (SSSR count). The Balaban J connectivity index is 1.92. The summed E-state index contributed by atoms with van der Waals surface area (Å²) >= 11 is 0. The van der Waals surface area contributed by atoms with Crippen molar-refractivity contribution in [3.63, 3.8) is 0 Å². The first-order valence-electron chi connectivity index (χ1n) is 6.39. The first-order chi connectivity index (χ1) is 10.0. The summed E-state index contributed by atoms with van der Waals surface area (Å²) in [7, 11) is -3.63. The Hall–Kier alpha value is -1.77. The lowest BCUT2D eigenvalue weighted by atomic mass is 10.1. The largest absolute Gasteiger partial charge is 0.394 e. The number of benzene rings is 1. The minimum Gasteiger partial charge on any atom is -0.394 e. The van der Waals surface area contributed by atoms with E-state index >= 15 is 0 Å². The molecule has 6 nitrogen and oxygen atoms in total. The van der Waals surface area contributed by atoms with Crippen LogP contribution in [-0.2, 0) is 23.0 Å². The van der Waals surface area contributed by atoms with E-state index in [1.54, 1.807) is 12.1 Å². The summed E-state index contributed by atoms with van der Waals surface area (Å²) in [5.41, 5.74) is 0.843. The van der Waals surface area contributed by atoms with Gasteiger partial charge in [0, 0.05) is 12.7 Å². The molecule has 8 heteroatoms. The molecule has 0 amide bonds. The number of halogens is 1. The van der Waals surface area contributed by atoms with Crippen LogP contribution in [0.5, 0.6) is 0 Å². The highest BCUT2D eigenvalue weighted by atomic mass is 32.2. The van der Waals surface area contributed by atoms with Crippen LogP contribution in [0.2, 0.25) is 0 Å². The van der Waals surface area contributed by atoms with Crippen molar-refractivity contribution in [2.24, 2.45) is 0 Å². The van der Waals surface area contributed by atoms with Crippen molar-refractivity contribution < 1.29 is 17.9 Å². The summed E-state index contributed by atoms with van der Waals surface area (Å²) in [6, 6.07) is 5.90. The van der Waals surface area contributed by atoms with Gasteiger partial charge in [-0.3, -0.25) is 4.68 Å². The first-order valence-corrected chi connectivity index (χ1v) is 7.87. The monoisotopic (exact) mass is 313 g/mol. The minimum atomic E-state index is -3.63. The Bertz CT molecular complexity index is 683. The van der Waals surface area contributed by atoms with Crippen LogP contribution in [-0.4, -0.2) is 36.5 Å². The molecule has 0 aliphatic rings. The van der Waals surface area contributed by atoms with E-state index < -0.39 is 10.0 Å².